The number of hydrogen-bond donors (Lipinski definition) is 1. The lowest BCUT2D eigenvalue weighted by Gasteiger charge is -2.28. The number of carbonyl (C=O) groups excluding carboxylic acids is 1. The highest BCUT2D eigenvalue weighted by Gasteiger charge is 2.39. The molecule has 3 heteroatoms. The van der Waals surface area contributed by atoms with E-state index in [2.05, 4.69) is 5.32 Å². The molecular formula is C10H17NO2. The average Bonchev–Trinajstić information content (AvgIpc) is 2.48. The van der Waals surface area contributed by atoms with Crippen LogP contribution in [0.1, 0.15) is 32.6 Å². The van der Waals surface area contributed by atoms with E-state index in [1.165, 1.54) is 6.42 Å². The zero-order chi connectivity index (χ0) is 9.26. The van der Waals surface area contributed by atoms with Crippen molar-refractivity contribution in [3.05, 3.63) is 0 Å². The molecule has 0 aromatic rings. The van der Waals surface area contributed by atoms with E-state index in [9.17, 15) is 4.79 Å². The minimum absolute atomic E-state index is 0.000324. The summed E-state index contributed by atoms with van der Waals surface area (Å²) in [6.45, 7) is 2.37. The number of nitrogens with one attached hydrogen (secondary N) is 1. The average molecular weight is 183 g/mol. The molecule has 0 aliphatic carbocycles. The first kappa shape index (κ1) is 9.00. The van der Waals surface area contributed by atoms with Crippen molar-refractivity contribution in [2.24, 2.45) is 5.92 Å². The molecular weight excluding hydrogens is 166 g/mol. The zero-order valence-electron chi connectivity index (χ0n) is 8.08. The van der Waals surface area contributed by atoms with Gasteiger partial charge >= 0.3 is 5.97 Å². The van der Waals surface area contributed by atoms with E-state index in [4.69, 9.17) is 4.74 Å². The summed E-state index contributed by atoms with van der Waals surface area (Å²) < 4.78 is 5.05. The molecule has 1 N–H and O–H groups in total. The van der Waals surface area contributed by atoms with E-state index in [0.29, 0.717) is 18.7 Å². The van der Waals surface area contributed by atoms with Crippen LogP contribution in [0.2, 0.25) is 0 Å². The van der Waals surface area contributed by atoms with Gasteiger partial charge in [0.2, 0.25) is 0 Å². The van der Waals surface area contributed by atoms with Crippen LogP contribution in [0, 0.1) is 5.92 Å². The predicted octanol–water partition coefficient (Wildman–Crippen LogP) is 1.08. The van der Waals surface area contributed by atoms with Crippen LogP contribution in [0.4, 0.5) is 0 Å². The molecule has 3 nitrogen and oxygen atoms in total. The maximum absolute atomic E-state index is 11.5. The van der Waals surface area contributed by atoms with Gasteiger partial charge in [-0.15, -0.1) is 0 Å². The summed E-state index contributed by atoms with van der Waals surface area (Å²) in [5.41, 5.74) is 0. The third-order valence-corrected chi connectivity index (χ3v) is 3.18. The summed E-state index contributed by atoms with van der Waals surface area (Å²) in [4.78, 5) is 11.5. The highest BCUT2D eigenvalue weighted by Crippen LogP contribution is 2.31. The molecule has 0 spiro atoms. The van der Waals surface area contributed by atoms with E-state index in [-0.39, 0.29) is 11.9 Å². The minimum Gasteiger partial charge on any atom is -0.466 e. The highest BCUT2D eigenvalue weighted by atomic mass is 16.5. The SMILES string of the molecule is CCOC(=O)C1CCC2CCC1N2. The zero-order valence-corrected chi connectivity index (χ0v) is 8.08. The number of esters is 1. The van der Waals surface area contributed by atoms with Gasteiger partial charge in [-0.2, -0.15) is 0 Å². The third-order valence-electron chi connectivity index (χ3n) is 3.18. The van der Waals surface area contributed by atoms with Gasteiger partial charge in [-0.05, 0) is 32.6 Å². The summed E-state index contributed by atoms with van der Waals surface area (Å²) in [7, 11) is 0. The Hall–Kier alpha value is -0.570. The van der Waals surface area contributed by atoms with Gasteiger partial charge in [-0.25, -0.2) is 0 Å². The van der Waals surface area contributed by atoms with Crippen molar-refractivity contribution in [3.8, 4) is 0 Å². The Kier molecular flexibility index (Phi) is 2.54. The fourth-order valence-corrected chi connectivity index (χ4v) is 2.51. The topological polar surface area (TPSA) is 38.3 Å². The fraction of sp³-hybridized carbons (Fsp3) is 0.900. The standard InChI is InChI=1S/C10H17NO2/c1-2-13-10(12)8-5-3-7-4-6-9(8)11-7/h7-9,11H,2-6H2,1H3. The number of ether oxygens (including phenoxy) is 1. The van der Waals surface area contributed by atoms with Crippen LogP contribution in [0.3, 0.4) is 0 Å². The van der Waals surface area contributed by atoms with E-state index in [0.717, 1.165) is 19.3 Å². The van der Waals surface area contributed by atoms with Crippen LogP contribution in [-0.4, -0.2) is 24.7 Å². The highest BCUT2D eigenvalue weighted by molar-refractivity contribution is 5.73. The van der Waals surface area contributed by atoms with E-state index >= 15 is 0 Å². The Morgan fingerprint density at radius 2 is 2.15 bits per heavy atom. The van der Waals surface area contributed by atoms with E-state index in [1.807, 2.05) is 6.92 Å². The quantitative estimate of drug-likeness (QED) is 0.651. The van der Waals surface area contributed by atoms with Gasteiger partial charge in [0.1, 0.15) is 0 Å². The molecule has 0 radical (unpaired) electrons. The van der Waals surface area contributed by atoms with Crippen LogP contribution >= 0.6 is 0 Å². The first-order chi connectivity index (χ1) is 6.31. The van der Waals surface area contributed by atoms with Gasteiger partial charge in [0, 0.05) is 12.1 Å². The molecule has 2 aliphatic heterocycles. The Labute approximate surface area is 78.8 Å². The normalized spacial score (nSPS) is 37.5. The van der Waals surface area contributed by atoms with Crippen molar-refractivity contribution in [3.63, 3.8) is 0 Å². The van der Waals surface area contributed by atoms with Gasteiger partial charge in [0.15, 0.2) is 0 Å². The molecule has 13 heavy (non-hydrogen) atoms. The second-order valence-corrected chi connectivity index (χ2v) is 3.98. The Morgan fingerprint density at radius 1 is 1.38 bits per heavy atom. The van der Waals surface area contributed by atoms with Crippen molar-refractivity contribution in [1.82, 2.24) is 5.32 Å². The summed E-state index contributed by atoms with van der Waals surface area (Å²) in [6.07, 6.45) is 4.54. The van der Waals surface area contributed by atoms with E-state index < -0.39 is 0 Å². The van der Waals surface area contributed by atoms with Crippen LogP contribution in [0.25, 0.3) is 0 Å². The molecule has 2 fully saturated rings. The molecule has 2 heterocycles. The smallest absolute Gasteiger partial charge is 0.310 e. The minimum atomic E-state index is 0.000324. The van der Waals surface area contributed by atoms with Gasteiger partial charge in [0.25, 0.3) is 0 Å². The van der Waals surface area contributed by atoms with Crippen LogP contribution < -0.4 is 5.32 Å². The molecule has 2 rings (SSSR count). The lowest BCUT2D eigenvalue weighted by Crippen LogP contribution is -2.44. The monoisotopic (exact) mass is 183 g/mol. The third kappa shape index (κ3) is 1.70. The van der Waals surface area contributed by atoms with Crippen molar-refractivity contribution >= 4 is 5.97 Å². The second-order valence-electron chi connectivity index (χ2n) is 3.98. The Balaban J connectivity index is 1.95. The molecule has 3 atom stereocenters. The molecule has 0 aromatic heterocycles. The number of fused-ring (bicyclic) bond motifs is 2. The molecule has 2 bridgehead atoms. The second kappa shape index (κ2) is 3.66. The van der Waals surface area contributed by atoms with Crippen LogP contribution in [0.5, 0.6) is 0 Å². The Bertz CT molecular complexity index is 205. The van der Waals surface area contributed by atoms with Crippen LogP contribution in [-0.2, 0) is 9.53 Å². The maximum atomic E-state index is 11.5. The lowest BCUT2D eigenvalue weighted by molar-refractivity contribution is -0.149. The maximum Gasteiger partial charge on any atom is 0.310 e. The first-order valence-corrected chi connectivity index (χ1v) is 5.24. The molecule has 2 aliphatic rings. The van der Waals surface area contributed by atoms with Gasteiger partial charge < -0.3 is 10.1 Å². The molecule has 2 saturated heterocycles. The van der Waals surface area contributed by atoms with Gasteiger partial charge in [-0.3, -0.25) is 4.79 Å². The predicted molar refractivity (Wildman–Crippen MR) is 49.3 cm³/mol. The number of rotatable bonds is 2. The van der Waals surface area contributed by atoms with Gasteiger partial charge in [0.05, 0.1) is 12.5 Å². The molecule has 0 aromatic carbocycles. The number of hydrogen-bond acceptors (Lipinski definition) is 3. The molecule has 0 amide bonds. The molecule has 74 valence electrons. The molecule has 3 unspecified atom stereocenters. The summed E-state index contributed by atoms with van der Waals surface area (Å²) in [6, 6.07) is 1.08. The fourth-order valence-electron chi connectivity index (χ4n) is 2.51. The first-order valence-electron chi connectivity index (χ1n) is 5.24. The number of piperidine rings is 1. The van der Waals surface area contributed by atoms with Crippen molar-refractivity contribution in [2.75, 3.05) is 6.61 Å². The summed E-state index contributed by atoms with van der Waals surface area (Å²) in [5, 5.41) is 3.48. The van der Waals surface area contributed by atoms with Gasteiger partial charge in [-0.1, -0.05) is 0 Å². The molecule has 0 saturated carbocycles. The van der Waals surface area contributed by atoms with Crippen LogP contribution in [0.15, 0.2) is 0 Å². The largest absolute Gasteiger partial charge is 0.466 e. The summed E-state index contributed by atoms with van der Waals surface area (Å²) in [5.74, 6) is 0.124. The van der Waals surface area contributed by atoms with Crippen molar-refractivity contribution in [1.29, 1.82) is 0 Å². The number of carbonyl (C=O) groups is 1. The van der Waals surface area contributed by atoms with Crippen molar-refractivity contribution in [2.45, 2.75) is 44.7 Å². The van der Waals surface area contributed by atoms with E-state index in [1.54, 1.807) is 0 Å². The Morgan fingerprint density at radius 3 is 2.92 bits per heavy atom. The van der Waals surface area contributed by atoms with Crippen molar-refractivity contribution < 1.29 is 9.53 Å². The lowest BCUT2D eigenvalue weighted by atomic mass is 9.92. The summed E-state index contributed by atoms with van der Waals surface area (Å²) >= 11 is 0.